The maximum Gasteiger partial charge on any atom is 0.181 e. The van der Waals surface area contributed by atoms with Crippen LogP contribution in [-0.4, -0.2) is 77.1 Å². The van der Waals surface area contributed by atoms with Crippen molar-refractivity contribution in [1.29, 1.82) is 0 Å². The van der Waals surface area contributed by atoms with E-state index in [4.69, 9.17) is 4.74 Å². The molecule has 1 saturated heterocycles. The Hall–Kier alpha value is -3.92. The van der Waals surface area contributed by atoms with Gasteiger partial charge in [0.1, 0.15) is 11.7 Å². The number of piperazine rings is 1. The monoisotopic (exact) mass is 492 g/mol. The number of aryl methyl sites for hydroxylation is 2. The molecule has 1 aliphatic rings. The minimum absolute atomic E-state index is 0.0370. The maximum atomic E-state index is 15.1. The van der Waals surface area contributed by atoms with E-state index in [9.17, 15) is 0 Å². The highest BCUT2D eigenvalue weighted by atomic mass is 19.1. The molecule has 2 aromatic heterocycles. The number of nitrogens with zero attached hydrogens (tertiary/aromatic N) is 6. The van der Waals surface area contributed by atoms with Gasteiger partial charge >= 0.3 is 0 Å². The van der Waals surface area contributed by atoms with Crippen molar-refractivity contribution < 1.29 is 9.13 Å². The Morgan fingerprint density at radius 3 is 2.75 bits per heavy atom. The third-order valence-electron chi connectivity index (χ3n) is 6.28. The maximum absolute atomic E-state index is 15.1. The summed E-state index contributed by atoms with van der Waals surface area (Å²) in [5.74, 6) is 1.59. The van der Waals surface area contributed by atoms with E-state index in [2.05, 4.69) is 49.1 Å². The molecule has 0 spiro atoms. The number of H-pyrrole nitrogens is 1. The minimum atomic E-state index is -0.381. The van der Waals surface area contributed by atoms with Crippen LogP contribution in [0.15, 0.2) is 52.2 Å². The highest BCUT2D eigenvalue weighted by Gasteiger charge is 2.18. The summed E-state index contributed by atoms with van der Waals surface area (Å²) >= 11 is 0. The van der Waals surface area contributed by atoms with Gasteiger partial charge in [-0.25, -0.2) is 14.4 Å². The smallest absolute Gasteiger partial charge is 0.181 e. The number of aromatic amines is 1. The number of ether oxygens (including phenoxy) is 1. The number of aromatic nitrogens is 3. The van der Waals surface area contributed by atoms with Gasteiger partial charge in [0.15, 0.2) is 24.1 Å². The van der Waals surface area contributed by atoms with Crippen molar-refractivity contribution in [3.05, 3.63) is 59.4 Å². The number of fused-ring (bicyclic) bond motifs is 1. The van der Waals surface area contributed by atoms with Crippen molar-refractivity contribution >= 4 is 35.3 Å². The highest BCUT2D eigenvalue weighted by molar-refractivity contribution is 5.94. The van der Waals surface area contributed by atoms with Crippen LogP contribution in [-0.2, 0) is 7.05 Å². The predicted octanol–water partition coefficient (Wildman–Crippen LogP) is 4.02. The molecular formula is C26H33FN8O. The summed E-state index contributed by atoms with van der Waals surface area (Å²) in [6.45, 7) is 11.0. The molecule has 0 radical (unpaired) electrons. The molecule has 0 aliphatic carbocycles. The zero-order valence-electron chi connectivity index (χ0n) is 21.3. The van der Waals surface area contributed by atoms with E-state index in [-0.39, 0.29) is 18.3 Å². The number of likely N-dealkylation sites (N-methyl/N-ethyl adjacent to an activating group) is 1. The Balaban J connectivity index is 1.55. The highest BCUT2D eigenvalue weighted by Crippen LogP contribution is 2.28. The van der Waals surface area contributed by atoms with Crippen LogP contribution in [0.1, 0.15) is 18.3 Å². The van der Waals surface area contributed by atoms with Crippen LogP contribution < -0.4 is 10.1 Å². The molecule has 3 aromatic rings. The molecule has 1 aromatic carbocycles. The van der Waals surface area contributed by atoms with Crippen molar-refractivity contribution in [2.45, 2.75) is 13.8 Å². The third-order valence-corrected chi connectivity index (χ3v) is 6.28. The summed E-state index contributed by atoms with van der Waals surface area (Å²) in [6, 6.07) is 7.21. The van der Waals surface area contributed by atoms with Crippen molar-refractivity contribution in [3.63, 3.8) is 0 Å². The van der Waals surface area contributed by atoms with Crippen LogP contribution in [0.3, 0.4) is 0 Å². The first-order valence-corrected chi connectivity index (χ1v) is 11.9. The number of aliphatic imine (C=N–C) groups is 2. The molecular weight excluding hydrogens is 459 g/mol. The van der Waals surface area contributed by atoms with Crippen molar-refractivity contribution in [1.82, 2.24) is 24.6 Å². The molecule has 36 heavy (non-hydrogen) atoms. The van der Waals surface area contributed by atoms with E-state index in [1.807, 2.05) is 61.9 Å². The van der Waals surface area contributed by atoms with E-state index >= 15 is 4.39 Å². The Bertz CT molecular complexity index is 1310. The lowest BCUT2D eigenvalue weighted by atomic mass is 10.2. The lowest BCUT2D eigenvalue weighted by Crippen LogP contribution is -2.47. The van der Waals surface area contributed by atoms with E-state index in [0.717, 1.165) is 43.1 Å². The van der Waals surface area contributed by atoms with Crippen molar-refractivity contribution in [3.8, 4) is 5.75 Å². The van der Waals surface area contributed by atoms with Gasteiger partial charge in [0, 0.05) is 56.4 Å². The van der Waals surface area contributed by atoms with Gasteiger partial charge in [-0.3, -0.25) is 5.10 Å². The quantitative estimate of drug-likeness (QED) is 0.367. The molecule has 190 valence electrons. The van der Waals surface area contributed by atoms with Crippen LogP contribution in [0.2, 0.25) is 0 Å². The van der Waals surface area contributed by atoms with E-state index in [1.54, 1.807) is 6.07 Å². The standard InChI is InChI=1S/C26H33FN8O/c1-6-7-19-15-24(32-31-19)30-23(28-3)16-25(35-12-10-33(4)11-13-35)29-17-36-22-9-8-21-20(26(22)27)14-18(2)34(21)5/h6-9,14-16H,3,10-13,17H2,1-2,4-5H3,(H2,30,31,32)/b7-6-,23-16+,29-25+. The van der Waals surface area contributed by atoms with Crippen LogP contribution in [0.4, 0.5) is 10.2 Å². The van der Waals surface area contributed by atoms with E-state index in [0.29, 0.717) is 22.9 Å². The second-order valence-electron chi connectivity index (χ2n) is 8.76. The zero-order chi connectivity index (χ0) is 25.7. The van der Waals surface area contributed by atoms with Crippen molar-refractivity contribution in [2.75, 3.05) is 45.3 Å². The Kier molecular flexibility index (Phi) is 7.84. The molecule has 3 heterocycles. The summed E-state index contributed by atoms with van der Waals surface area (Å²) in [4.78, 5) is 13.2. The van der Waals surface area contributed by atoms with Crippen LogP contribution in [0.25, 0.3) is 17.0 Å². The Morgan fingerprint density at radius 2 is 2.03 bits per heavy atom. The largest absolute Gasteiger partial charge is 0.468 e. The third kappa shape index (κ3) is 5.65. The average Bonchev–Trinajstić information content (AvgIpc) is 3.43. The van der Waals surface area contributed by atoms with Gasteiger partial charge in [0.2, 0.25) is 0 Å². The lowest BCUT2D eigenvalue weighted by Gasteiger charge is -2.33. The zero-order valence-corrected chi connectivity index (χ0v) is 21.3. The molecule has 4 rings (SSSR count). The normalized spacial score (nSPS) is 15.8. The number of hydrogen-bond donors (Lipinski definition) is 2. The molecule has 2 N–H and O–H groups in total. The number of hydrogen-bond acceptors (Lipinski definition) is 6. The topological polar surface area (TPSA) is 86.1 Å². The van der Waals surface area contributed by atoms with Gasteiger partial charge in [-0.1, -0.05) is 6.08 Å². The molecule has 0 bridgehead atoms. The number of anilines is 1. The number of halogens is 1. The second-order valence-corrected chi connectivity index (χ2v) is 8.76. The fourth-order valence-corrected chi connectivity index (χ4v) is 4.08. The summed E-state index contributed by atoms with van der Waals surface area (Å²) in [5, 5.41) is 10.9. The summed E-state index contributed by atoms with van der Waals surface area (Å²) in [5.41, 5.74) is 2.68. The molecule has 0 amide bonds. The van der Waals surface area contributed by atoms with E-state index in [1.165, 1.54) is 0 Å². The first-order chi connectivity index (χ1) is 17.4. The van der Waals surface area contributed by atoms with Crippen LogP contribution >= 0.6 is 0 Å². The molecule has 0 unspecified atom stereocenters. The fourth-order valence-electron chi connectivity index (χ4n) is 4.08. The Morgan fingerprint density at radius 1 is 1.25 bits per heavy atom. The van der Waals surface area contributed by atoms with Gasteiger partial charge in [-0.05, 0) is 51.9 Å². The van der Waals surface area contributed by atoms with Gasteiger partial charge in [-0.15, -0.1) is 0 Å². The second kappa shape index (κ2) is 11.2. The van der Waals surface area contributed by atoms with Crippen LogP contribution in [0.5, 0.6) is 5.75 Å². The summed E-state index contributed by atoms with van der Waals surface area (Å²) < 4.78 is 22.8. The SMILES string of the molecule is C=N/C(=C\C(=N/COc1ccc2c(cc(C)n2C)c1F)N1CCN(C)CC1)Nc1cc(/C=C\C)[nH]n1. The lowest BCUT2D eigenvalue weighted by molar-refractivity contribution is 0.214. The van der Waals surface area contributed by atoms with Gasteiger partial charge < -0.3 is 24.4 Å². The van der Waals surface area contributed by atoms with Gasteiger partial charge in [0.05, 0.1) is 11.2 Å². The predicted molar refractivity (Wildman–Crippen MR) is 144 cm³/mol. The fraction of sp³-hybridized carbons (Fsp3) is 0.346. The first-order valence-electron chi connectivity index (χ1n) is 11.9. The summed E-state index contributed by atoms with van der Waals surface area (Å²) in [6.07, 6.45) is 5.66. The molecule has 1 aliphatic heterocycles. The first kappa shape index (κ1) is 25.2. The molecule has 0 saturated carbocycles. The summed E-state index contributed by atoms with van der Waals surface area (Å²) in [7, 11) is 4.01. The molecule has 1 fully saturated rings. The average molecular weight is 493 g/mol. The number of nitrogens with one attached hydrogen (secondary N) is 2. The van der Waals surface area contributed by atoms with Gasteiger partial charge in [0.25, 0.3) is 0 Å². The molecule has 10 heteroatoms. The Labute approximate surface area is 210 Å². The van der Waals surface area contributed by atoms with Crippen molar-refractivity contribution in [2.24, 2.45) is 17.0 Å². The number of benzene rings is 1. The number of allylic oxidation sites excluding steroid dienone is 1. The van der Waals surface area contributed by atoms with E-state index < -0.39 is 0 Å². The number of amidine groups is 1. The molecule has 9 nitrogen and oxygen atoms in total. The molecule has 0 atom stereocenters. The minimum Gasteiger partial charge on any atom is -0.468 e. The van der Waals surface area contributed by atoms with Crippen LogP contribution in [0, 0.1) is 12.7 Å². The van der Waals surface area contributed by atoms with Gasteiger partial charge in [-0.2, -0.15) is 5.10 Å². The number of rotatable bonds is 8.